The Kier molecular flexibility index (Phi) is 10.6. The number of hydrogen-bond donors (Lipinski definition) is 2. The Bertz CT molecular complexity index is 2800. The lowest BCUT2D eigenvalue weighted by atomic mass is 9.96. The van der Waals surface area contributed by atoms with Gasteiger partial charge < -0.3 is 15.4 Å². The first-order valence-corrected chi connectivity index (χ1v) is 21.4. The number of carbonyl (C=O) groups is 4. The van der Waals surface area contributed by atoms with Gasteiger partial charge in [-0.15, -0.1) is 0 Å². The average molecular weight is 841 g/mol. The summed E-state index contributed by atoms with van der Waals surface area (Å²) in [7, 11) is 0. The number of imide groups is 2. The molecule has 10 rings (SSSR count). The first-order valence-electron chi connectivity index (χ1n) is 21.4. The Labute approximate surface area is 363 Å². The molecule has 63 heavy (non-hydrogen) atoms. The van der Waals surface area contributed by atoms with Crippen molar-refractivity contribution in [2.24, 2.45) is 5.92 Å². The molecule has 15 heteroatoms. The van der Waals surface area contributed by atoms with E-state index in [1.54, 1.807) is 12.1 Å². The number of rotatable bonds is 8. The summed E-state index contributed by atoms with van der Waals surface area (Å²) in [5.41, 5.74) is 12.1. The number of hydrogen-bond acceptors (Lipinski definition) is 12. The van der Waals surface area contributed by atoms with Crippen LogP contribution in [0.2, 0.25) is 0 Å². The maximum absolute atomic E-state index is 13.3. The first kappa shape index (κ1) is 39.7. The van der Waals surface area contributed by atoms with Crippen molar-refractivity contribution in [3.8, 4) is 34.6 Å². The van der Waals surface area contributed by atoms with Gasteiger partial charge in [0, 0.05) is 62.5 Å². The van der Waals surface area contributed by atoms with E-state index in [0.29, 0.717) is 5.82 Å². The summed E-state index contributed by atoms with van der Waals surface area (Å²) in [4.78, 5) is 69.8. The van der Waals surface area contributed by atoms with E-state index in [1.807, 2.05) is 77.6 Å². The van der Waals surface area contributed by atoms with Crippen molar-refractivity contribution < 1.29 is 23.9 Å². The number of fused-ring (bicyclic) bond motifs is 2. The van der Waals surface area contributed by atoms with Gasteiger partial charge in [-0.1, -0.05) is 30.2 Å². The smallest absolute Gasteiger partial charge is 0.262 e. The summed E-state index contributed by atoms with van der Waals surface area (Å²) < 4.78 is 8.03. The molecular formula is C48H44N10O5. The van der Waals surface area contributed by atoms with Crippen molar-refractivity contribution in [3.63, 3.8) is 0 Å². The lowest BCUT2D eigenvalue weighted by molar-refractivity contribution is -0.136. The Morgan fingerprint density at radius 2 is 1.54 bits per heavy atom. The number of amides is 4. The highest BCUT2D eigenvalue weighted by molar-refractivity contribution is 6.23. The number of nitrogens with two attached hydrogens (primary N) is 1. The summed E-state index contributed by atoms with van der Waals surface area (Å²) in [6.07, 6.45) is 7.15. The van der Waals surface area contributed by atoms with E-state index in [4.69, 9.17) is 15.6 Å². The molecule has 3 aromatic heterocycles. The van der Waals surface area contributed by atoms with Crippen LogP contribution >= 0.6 is 0 Å². The molecule has 3 fully saturated rings. The summed E-state index contributed by atoms with van der Waals surface area (Å²) in [5.74, 6) is 6.82. The summed E-state index contributed by atoms with van der Waals surface area (Å²) in [5, 5.41) is 8.09. The van der Waals surface area contributed by atoms with Gasteiger partial charge in [-0.2, -0.15) is 5.10 Å². The molecule has 0 spiro atoms. The molecule has 4 amide bonds. The number of para-hydroxylation sites is 1. The topological polar surface area (TPSA) is 182 Å². The van der Waals surface area contributed by atoms with Gasteiger partial charge in [0.05, 0.1) is 22.6 Å². The van der Waals surface area contributed by atoms with Gasteiger partial charge in [-0.05, 0) is 104 Å². The fourth-order valence-electron chi connectivity index (χ4n) is 9.04. The van der Waals surface area contributed by atoms with Crippen LogP contribution < -0.4 is 20.7 Å². The highest BCUT2D eigenvalue weighted by Gasteiger charge is 2.45. The largest absolute Gasteiger partial charge is 0.457 e. The Morgan fingerprint density at radius 1 is 0.778 bits per heavy atom. The van der Waals surface area contributed by atoms with Gasteiger partial charge in [0.2, 0.25) is 11.8 Å². The molecule has 3 N–H and O–H groups in total. The molecule has 4 aliphatic heterocycles. The highest BCUT2D eigenvalue weighted by Crippen LogP contribution is 2.36. The number of piperidine rings is 3. The van der Waals surface area contributed by atoms with Crippen LogP contribution in [0.25, 0.3) is 22.3 Å². The highest BCUT2D eigenvalue weighted by atomic mass is 16.5. The molecule has 1 atom stereocenters. The maximum atomic E-state index is 13.3. The lowest BCUT2D eigenvalue weighted by Crippen LogP contribution is -2.54. The predicted octanol–water partition coefficient (Wildman–Crippen LogP) is 5.77. The van der Waals surface area contributed by atoms with Gasteiger partial charge in [-0.3, -0.25) is 34.3 Å². The zero-order valence-electron chi connectivity index (χ0n) is 34.4. The van der Waals surface area contributed by atoms with E-state index in [0.717, 1.165) is 114 Å². The molecule has 7 heterocycles. The number of likely N-dealkylation sites (tertiary alicyclic amines) is 1. The minimum absolute atomic E-state index is 0.0849. The number of anilines is 2. The molecule has 3 aromatic carbocycles. The second-order valence-corrected chi connectivity index (χ2v) is 16.5. The van der Waals surface area contributed by atoms with Crippen molar-refractivity contribution in [2.45, 2.75) is 57.2 Å². The number of ether oxygens (including phenoxy) is 1. The third-order valence-corrected chi connectivity index (χ3v) is 12.4. The van der Waals surface area contributed by atoms with E-state index < -0.39 is 29.7 Å². The van der Waals surface area contributed by atoms with Crippen LogP contribution in [0.5, 0.6) is 11.5 Å². The molecule has 316 valence electrons. The van der Waals surface area contributed by atoms with Gasteiger partial charge in [0.25, 0.3) is 11.8 Å². The van der Waals surface area contributed by atoms with E-state index in [-0.39, 0.29) is 35.9 Å². The third-order valence-electron chi connectivity index (χ3n) is 12.4. The van der Waals surface area contributed by atoms with Crippen molar-refractivity contribution in [3.05, 3.63) is 120 Å². The van der Waals surface area contributed by atoms with E-state index in [1.165, 1.54) is 6.33 Å². The number of nitrogens with zero attached hydrogens (tertiary/aromatic N) is 8. The predicted molar refractivity (Wildman–Crippen MR) is 234 cm³/mol. The van der Waals surface area contributed by atoms with Gasteiger partial charge in [0.15, 0.2) is 5.65 Å². The molecule has 0 radical (unpaired) electrons. The molecular weight excluding hydrogens is 797 g/mol. The Balaban J connectivity index is 0.721. The SMILES string of the molecule is Nc1ncnc2c1c(-c1ccc(Oc3ccccc3)cc1)nn2C1CCN(Cc2ccc(C#CC3CCN(c4ccc5c(c4)C(=O)N(C4CCC(=O)NC4=O)C5=O)CC3)nc2)CC1. The number of carbonyl (C=O) groups excluding carboxylic acids is 4. The third kappa shape index (κ3) is 7.97. The van der Waals surface area contributed by atoms with Crippen molar-refractivity contribution in [1.82, 2.24) is 39.8 Å². The van der Waals surface area contributed by atoms with E-state index in [2.05, 4.69) is 48.0 Å². The number of nitrogens with one attached hydrogen (secondary N) is 1. The van der Waals surface area contributed by atoms with Gasteiger partial charge in [0.1, 0.15) is 41.1 Å². The molecule has 0 bridgehead atoms. The van der Waals surface area contributed by atoms with Crippen LogP contribution in [0.3, 0.4) is 0 Å². The van der Waals surface area contributed by atoms with Crippen LogP contribution in [-0.4, -0.2) is 90.4 Å². The molecule has 4 aliphatic rings. The first-order chi connectivity index (χ1) is 30.8. The molecule has 0 saturated carbocycles. The van der Waals surface area contributed by atoms with E-state index >= 15 is 0 Å². The standard InChI is InChI=1S/C48H44N10O5/c49-44-42-43(32-8-13-37(14-9-32)63-36-4-2-1-3-5-36)54-58(45(42)52-29-51-44)34-20-22-55(23-21-34)28-31-7-11-33(50-27-31)10-6-30-18-24-56(25-19-30)35-12-15-38-39(26-35)48(62)57(47(38)61)40-16-17-41(59)53-46(40)60/h1-5,7-9,11-15,26-27,29-30,34,40H,16-25,28H2,(H2,49,51,52)(H,53,59,60). The number of pyridine rings is 1. The van der Waals surface area contributed by atoms with Gasteiger partial charge in [-0.25, -0.2) is 19.6 Å². The zero-order chi connectivity index (χ0) is 43.0. The van der Waals surface area contributed by atoms with Crippen LogP contribution in [0, 0.1) is 17.8 Å². The zero-order valence-corrected chi connectivity index (χ0v) is 34.4. The molecule has 3 saturated heterocycles. The van der Waals surface area contributed by atoms with Gasteiger partial charge >= 0.3 is 0 Å². The Morgan fingerprint density at radius 3 is 2.29 bits per heavy atom. The number of nitrogen functional groups attached to an aromatic ring is 1. The fourth-order valence-corrected chi connectivity index (χ4v) is 9.04. The van der Waals surface area contributed by atoms with Crippen LogP contribution in [0.15, 0.2) is 97.5 Å². The van der Waals surface area contributed by atoms with Crippen LogP contribution in [0.1, 0.15) is 76.5 Å². The number of aromatic nitrogens is 5. The minimum Gasteiger partial charge on any atom is -0.457 e. The van der Waals surface area contributed by atoms with Crippen LogP contribution in [0.4, 0.5) is 11.5 Å². The maximum Gasteiger partial charge on any atom is 0.262 e. The summed E-state index contributed by atoms with van der Waals surface area (Å²) in [6.45, 7) is 4.08. The second kappa shape index (κ2) is 16.8. The summed E-state index contributed by atoms with van der Waals surface area (Å²) >= 11 is 0. The molecule has 0 aliphatic carbocycles. The minimum atomic E-state index is -0.983. The van der Waals surface area contributed by atoms with Crippen molar-refractivity contribution in [2.75, 3.05) is 36.8 Å². The molecule has 6 aromatic rings. The van der Waals surface area contributed by atoms with Crippen LogP contribution in [-0.2, 0) is 16.1 Å². The molecule has 15 nitrogen and oxygen atoms in total. The lowest BCUT2D eigenvalue weighted by Gasteiger charge is -2.32. The summed E-state index contributed by atoms with van der Waals surface area (Å²) in [6, 6.07) is 26.1. The normalized spacial score (nSPS) is 18.6. The van der Waals surface area contributed by atoms with Crippen molar-refractivity contribution in [1.29, 1.82) is 0 Å². The quantitative estimate of drug-likeness (QED) is 0.140. The fraction of sp³-hybridized carbons (Fsp3) is 0.292. The van der Waals surface area contributed by atoms with E-state index in [9.17, 15) is 19.2 Å². The second-order valence-electron chi connectivity index (χ2n) is 16.5. The molecule has 1 unspecified atom stereocenters. The average Bonchev–Trinajstić information content (AvgIpc) is 3.82. The van der Waals surface area contributed by atoms with Crippen molar-refractivity contribution >= 4 is 46.2 Å². The Hall–Kier alpha value is -7.44. The monoisotopic (exact) mass is 840 g/mol. The number of benzene rings is 3.